The van der Waals surface area contributed by atoms with Gasteiger partial charge in [0, 0.05) is 47.2 Å². The number of hydrogen-bond donors (Lipinski definition) is 0. The molecule has 1 nitrogen and oxygen atoms in total. The topological polar surface area (TPSA) is 3.88 Å². The molecule has 3 aromatic rings. The summed E-state index contributed by atoms with van der Waals surface area (Å²) in [6.45, 7) is 2.12. The predicted molar refractivity (Wildman–Crippen MR) is 86.7 cm³/mol. The van der Waals surface area contributed by atoms with E-state index in [1.165, 1.54) is 11.3 Å². The van der Waals surface area contributed by atoms with Gasteiger partial charge in [0.15, 0.2) is 6.20 Å². The number of aryl methyl sites for hydroxylation is 2. The van der Waals surface area contributed by atoms with Crippen molar-refractivity contribution in [2.24, 2.45) is 7.05 Å². The van der Waals surface area contributed by atoms with Crippen LogP contribution in [0.1, 0.15) is 5.56 Å². The fraction of sp³-hybridized carbons (Fsp3) is 0.105. The quantitative estimate of drug-likeness (QED) is 0.376. The van der Waals surface area contributed by atoms with Crippen LogP contribution in [0.5, 0.6) is 0 Å². The first-order valence-electron chi connectivity index (χ1n) is 6.71. The maximum Gasteiger partial charge on any atom is 0.161 e. The summed E-state index contributed by atoms with van der Waals surface area (Å²) in [4.78, 5) is 0. The molecule has 3 rings (SSSR count). The second-order valence-corrected chi connectivity index (χ2v) is 4.90. The molecule has 0 amide bonds. The molecule has 0 saturated heterocycles. The van der Waals surface area contributed by atoms with Gasteiger partial charge in [-0.1, -0.05) is 18.6 Å². The van der Waals surface area contributed by atoms with E-state index in [0.717, 1.165) is 16.7 Å². The Labute approximate surface area is 159 Å². The minimum Gasteiger partial charge on any atom is -0.234 e. The van der Waals surface area contributed by atoms with Gasteiger partial charge in [0.25, 0.3) is 0 Å². The Morgan fingerprint density at radius 1 is 0.909 bits per heavy atom. The van der Waals surface area contributed by atoms with Crippen molar-refractivity contribution in [3.8, 4) is 22.4 Å². The molecule has 0 spiro atoms. The smallest absolute Gasteiger partial charge is 0.161 e. The summed E-state index contributed by atoms with van der Waals surface area (Å²) in [5.74, 6) is 0. The minimum absolute atomic E-state index is 0. The first kappa shape index (κ1) is 18.8. The summed E-state index contributed by atoms with van der Waals surface area (Å²) in [6, 6.07) is 25.3. The molecular formula is C19H16BNY-. The van der Waals surface area contributed by atoms with E-state index in [9.17, 15) is 0 Å². The monoisotopic (exact) mass is 358 g/mol. The molecule has 0 saturated carbocycles. The van der Waals surface area contributed by atoms with E-state index in [1.54, 1.807) is 0 Å². The molecule has 1 aromatic heterocycles. The van der Waals surface area contributed by atoms with E-state index >= 15 is 0 Å². The fourth-order valence-corrected chi connectivity index (χ4v) is 2.33. The van der Waals surface area contributed by atoms with E-state index in [2.05, 4.69) is 67.2 Å². The summed E-state index contributed by atoms with van der Waals surface area (Å²) in [5, 5.41) is 0. The van der Waals surface area contributed by atoms with Gasteiger partial charge in [-0.3, -0.25) is 0 Å². The third kappa shape index (κ3) is 3.94. The molecule has 0 aliphatic rings. The second kappa shape index (κ2) is 8.41. The van der Waals surface area contributed by atoms with E-state index in [4.69, 9.17) is 0 Å². The molecule has 2 aromatic carbocycles. The van der Waals surface area contributed by atoms with Crippen molar-refractivity contribution < 1.29 is 37.3 Å². The summed E-state index contributed by atoms with van der Waals surface area (Å²) in [6.07, 6.45) is 2.06. The predicted octanol–water partition coefficient (Wildman–Crippen LogP) is 3.37. The van der Waals surface area contributed by atoms with Gasteiger partial charge in [-0.2, -0.15) is 42.0 Å². The molecule has 0 atom stereocenters. The van der Waals surface area contributed by atoms with Gasteiger partial charge in [-0.25, -0.2) is 10.1 Å². The fourth-order valence-electron chi connectivity index (χ4n) is 2.33. The first-order valence-corrected chi connectivity index (χ1v) is 6.71. The van der Waals surface area contributed by atoms with Crippen molar-refractivity contribution >= 4 is 8.41 Å². The number of pyridine rings is 1. The summed E-state index contributed by atoms with van der Waals surface area (Å²) < 4.78 is 2.12. The van der Waals surface area contributed by atoms with E-state index in [-0.39, 0.29) is 41.1 Å². The van der Waals surface area contributed by atoms with Crippen molar-refractivity contribution in [3.05, 3.63) is 78.5 Å². The van der Waals surface area contributed by atoms with Crippen LogP contribution in [0.3, 0.4) is 0 Å². The van der Waals surface area contributed by atoms with Gasteiger partial charge >= 0.3 is 0 Å². The molecule has 4 radical (unpaired) electrons. The van der Waals surface area contributed by atoms with Crippen LogP contribution in [0, 0.1) is 19.1 Å². The molecule has 0 aliphatic heterocycles. The van der Waals surface area contributed by atoms with Crippen LogP contribution < -0.4 is 4.57 Å². The second-order valence-electron chi connectivity index (χ2n) is 4.90. The Balaban J connectivity index is 0.00000121. The van der Waals surface area contributed by atoms with Crippen LogP contribution in [-0.4, -0.2) is 8.41 Å². The summed E-state index contributed by atoms with van der Waals surface area (Å²) >= 11 is 0. The molecule has 22 heavy (non-hydrogen) atoms. The number of nitrogens with zero attached hydrogens (tertiary/aromatic N) is 1. The zero-order chi connectivity index (χ0) is 13.9. The summed E-state index contributed by atoms with van der Waals surface area (Å²) in [5.41, 5.74) is 5.69. The Morgan fingerprint density at radius 3 is 2.36 bits per heavy atom. The molecular weight excluding hydrogens is 342 g/mol. The van der Waals surface area contributed by atoms with Crippen molar-refractivity contribution in [2.75, 3.05) is 0 Å². The van der Waals surface area contributed by atoms with Crippen molar-refractivity contribution in [2.45, 2.75) is 6.92 Å². The SMILES string of the molecule is Cc1ccc(-c2[c-]cccc2)[c-]c1-c1cccc[n+]1C.[B].[Y]. The summed E-state index contributed by atoms with van der Waals surface area (Å²) in [7, 11) is 2.06. The molecule has 1 heterocycles. The van der Waals surface area contributed by atoms with E-state index in [1.807, 2.05) is 24.3 Å². The third-order valence-electron chi connectivity index (χ3n) is 3.46. The van der Waals surface area contributed by atoms with Gasteiger partial charge in [-0.05, 0) is 6.07 Å². The van der Waals surface area contributed by atoms with Gasteiger partial charge in [0.05, 0.1) is 0 Å². The van der Waals surface area contributed by atoms with Gasteiger partial charge in [0.1, 0.15) is 12.7 Å². The maximum absolute atomic E-state index is 3.53. The van der Waals surface area contributed by atoms with Crippen LogP contribution in [-0.2, 0) is 39.8 Å². The first-order chi connectivity index (χ1) is 9.75. The van der Waals surface area contributed by atoms with Crippen LogP contribution in [0.15, 0.2) is 60.8 Å². The molecule has 0 fully saturated rings. The number of rotatable bonds is 2. The Morgan fingerprint density at radius 2 is 1.68 bits per heavy atom. The molecule has 0 unspecified atom stereocenters. The largest absolute Gasteiger partial charge is 0.234 e. The Bertz CT molecular complexity index is 741. The number of hydrogen-bond acceptors (Lipinski definition) is 0. The Kier molecular flexibility index (Phi) is 7.19. The van der Waals surface area contributed by atoms with Crippen molar-refractivity contribution in [1.29, 1.82) is 0 Å². The zero-order valence-corrected chi connectivity index (χ0v) is 15.7. The van der Waals surface area contributed by atoms with Gasteiger partial charge in [-0.15, -0.1) is 17.7 Å². The van der Waals surface area contributed by atoms with Crippen LogP contribution in [0.4, 0.5) is 0 Å². The minimum atomic E-state index is 0. The van der Waals surface area contributed by atoms with Crippen molar-refractivity contribution in [1.82, 2.24) is 0 Å². The van der Waals surface area contributed by atoms with Gasteiger partial charge in [0.2, 0.25) is 0 Å². The number of benzene rings is 2. The average molecular weight is 358 g/mol. The van der Waals surface area contributed by atoms with E-state index in [0.29, 0.717) is 0 Å². The van der Waals surface area contributed by atoms with Crippen LogP contribution in [0.25, 0.3) is 22.4 Å². The molecule has 0 bridgehead atoms. The van der Waals surface area contributed by atoms with Crippen molar-refractivity contribution in [3.63, 3.8) is 0 Å². The maximum atomic E-state index is 3.53. The van der Waals surface area contributed by atoms with E-state index < -0.39 is 0 Å². The van der Waals surface area contributed by atoms with Crippen LogP contribution in [0.2, 0.25) is 0 Å². The zero-order valence-electron chi connectivity index (χ0n) is 12.9. The number of aromatic nitrogens is 1. The molecule has 104 valence electrons. The molecule has 0 N–H and O–H groups in total. The van der Waals surface area contributed by atoms with Crippen LogP contribution >= 0.6 is 0 Å². The standard InChI is InChI=1S/C19H16N.B.Y/c1-15-11-12-17(16-8-4-3-5-9-16)14-18(15)19-10-6-7-13-20(19)2;;/h3-8,10-13H,1-2H3;;/q-1;;. The normalized spacial score (nSPS) is 9.55. The Hall–Kier alpha value is -1.24. The average Bonchev–Trinajstić information content (AvgIpc) is 2.49. The molecule has 3 heteroatoms. The van der Waals surface area contributed by atoms with Gasteiger partial charge < -0.3 is 0 Å². The molecule has 0 aliphatic carbocycles. The third-order valence-corrected chi connectivity index (χ3v) is 3.46.